The summed E-state index contributed by atoms with van der Waals surface area (Å²) in [7, 11) is 0. The number of pyridine rings is 1. The molecule has 1 aromatic carbocycles. The van der Waals surface area contributed by atoms with Crippen molar-refractivity contribution in [1.29, 1.82) is 0 Å². The number of hydrogen-bond donors (Lipinski definition) is 2. The lowest BCUT2D eigenvalue weighted by molar-refractivity contribution is 0.0251. The first-order chi connectivity index (χ1) is 13.1. The third-order valence-corrected chi connectivity index (χ3v) is 4.75. The number of nitrogens with one attached hydrogen (secondary N) is 2. The number of fused-ring (bicyclic) bond motifs is 1. The number of aromatic amines is 1. The van der Waals surface area contributed by atoms with Crippen molar-refractivity contribution in [3.8, 4) is 11.1 Å². The number of aromatic nitrogens is 3. The third kappa shape index (κ3) is 3.80. The summed E-state index contributed by atoms with van der Waals surface area (Å²) in [6.07, 6.45) is 1.16. The Morgan fingerprint density at radius 1 is 1.30 bits per heavy atom. The van der Waals surface area contributed by atoms with Crippen LogP contribution < -0.4 is 5.32 Å². The molecular formula is C19H19F2N5O. The van der Waals surface area contributed by atoms with Crippen molar-refractivity contribution >= 4 is 16.8 Å². The summed E-state index contributed by atoms with van der Waals surface area (Å²) in [5.74, 6) is -0.0687. The molecule has 1 aliphatic rings. The molecule has 1 amide bonds. The van der Waals surface area contributed by atoms with Gasteiger partial charge >= 0.3 is 0 Å². The zero-order valence-electron chi connectivity index (χ0n) is 14.5. The average Bonchev–Trinajstić information content (AvgIpc) is 3.07. The fourth-order valence-corrected chi connectivity index (χ4v) is 3.37. The Kier molecular flexibility index (Phi) is 4.81. The van der Waals surface area contributed by atoms with Gasteiger partial charge in [0.2, 0.25) is 0 Å². The van der Waals surface area contributed by atoms with E-state index in [0.717, 1.165) is 22.0 Å². The number of carbonyl (C=O) groups excluding carboxylic acids is 1. The van der Waals surface area contributed by atoms with Crippen molar-refractivity contribution in [2.75, 3.05) is 26.2 Å². The molecule has 0 saturated carbocycles. The number of carbonyl (C=O) groups is 1. The Balaban J connectivity index is 1.43. The summed E-state index contributed by atoms with van der Waals surface area (Å²) >= 11 is 0. The predicted octanol–water partition coefficient (Wildman–Crippen LogP) is 2.55. The van der Waals surface area contributed by atoms with E-state index in [9.17, 15) is 13.6 Å². The number of H-pyrrole nitrogens is 1. The van der Waals surface area contributed by atoms with Gasteiger partial charge in [0.1, 0.15) is 0 Å². The molecule has 0 spiro atoms. The molecule has 0 atom stereocenters. The van der Waals surface area contributed by atoms with Gasteiger partial charge in [0.25, 0.3) is 12.3 Å². The van der Waals surface area contributed by atoms with Gasteiger partial charge < -0.3 is 5.32 Å². The Morgan fingerprint density at radius 2 is 2.15 bits per heavy atom. The molecule has 140 valence electrons. The SMILES string of the molecule is O=C(NCC1CN(CC(F)F)C1)c1n[nH]c2ccc(-c3cccnc3)cc12. The van der Waals surface area contributed by atoms with E-state index >= 15 is 0 Å². The first-order valence-corrected chi connectivity index (χ1v) is 8.77. The molecule has 2 N–H and O–H groups in total. The minimum Gasteiger partial charge on any atom is -0.350 e. The molecule has 3 aromatic rings. The first kappa shape index (κ1) is 17.5. The van der Waals surface area contributed by atoms with E-state index in [1.807, 2.05) is 30.3 Å². The number of likely N-dealkylation sites (tertiary alicyclic amines) is 1. The van der Waals surface area contributed by atoms with Crippen LogP contribution in [0.1, 0.15) is 10.5 Å². The van der Waals surface area contributed by atoms with Crippen molar-refractivity contribution in [3.63, 3.8) is 0 Å². The lowest BCUT2D eigenvalue weighted by Gasteiger charge is -2.38. The van der Waals surface area contributed by atoms with E-state index in [0.29, 0.717) is 25.3 Å². The molecule has 8 heteroatoms. The summed E-state index contributed by atoms with van der Waals surface area (Å²) in [5.41, 5.74) is 3.02. The minimum atomic E-state index is -2.31. The number of benzene rings is 1. The second-order valence-corrected chi connectivity index (χ2v) is 6.76. The zero-order valence-corrected chi connectivity index (χ0v) is 14.5. The molecule has 2 aromatic heterocycles. The highest BCUT2D eigenvalue weighted by molar-refractivity contribution is 6.05. The van der Waals surface area contributed by atoms with Crippen LogP contribution in [0.4, 0.5) is 8.78 Å². The molecule has 0 bridgehead atoms. The van der Waals surface area contributed by atoms with Crippen molar-refractivity contribution in [1.82, 2.24) is 25.4 Å². The van der Waals surface area contributed by atoms with E-state index in [1.165, 1.54) is 0 Å². The Morgan fingerprint density at radius 3 is 2.89 bits per heavy atom. The second-order valence-electron chi connectivity index (χ2n) is 6.76. The standard InChI is InChI=1S/C19H19F2N5O/c20-17(21)11-26-9-12(10-26)7-23-19(27)18-15-6-13(3-4-16(15)24-25-18)14-2-1-5-22-8-14/h1-6,8,12,17H,7,9-11H2,(H,23,27)(H,24,25). The van der Waals surface area contributed by atoms with E-state index in [2.05, 4.69) is 20.5 Å². The number of nitrogens with zero attached hydrogens (tertiary/aromatic N) is 3. The van der Waals surface area contributed by atoms with Crippen molar-refractivity contribution in [3.05, 3.63) is 48.4 Å². The molecule has 0 aliphatic carbocycles. The lowest BCUT2D eigenvalue weighted by atomic mass is 10.00. The zero-order chi connectivity index (χ0) is 18.8. The van der Waals surface area contributed by atoms with Gasteiger partial charge in [-0.25, -0.2) is 8.78 Å². The maximum atomic E-state index is 12.5. The van der Waals surface area contributed by atoms with Crippen LogP contribution in [0, 0.1) is 5.92 Å². The summed E-state index contributed by atoms with van der Waals surface area (Å²) in [4.78, 5) is 18.3. The Labute approximate surface area is 154 Å². The fraction of sp³-hybridized carbons (Fsp3) is 0.316. The monoisotopic (exact) mass is 371 g/mol. The highest BCUT2D eigenvalue weighted by atomic mass is 19.3. The molecule has 1 fully saturated rings. The number of rotatable bonds is 6. The lowest BCUT2D eigenvalue weighted by Crippen LogP contribution is -2.52. The van der Waals surface area contributed by atoms with Gasteiger partial charge in [0.05, 0.1) is 12.1 Å². The van der Waals surface area contributed by atoms with Gasteiger partial charge in [-0.05, 0) is 23.8 Å². The van der Waals surface area contributed by atoms with Gasteiger partial charge in [-0.1, -0.05) is 12.1 Å². The normalized spacial score (nSPS) is 15.2. The summed E-state index contributed by atoms with van der Waals surface area (Å²) < 4.78 is 24.6. The van der Waals surface area contributed by atoms with Crippen LogP contribution in [0.15, 0.2) is 42.7 Å². The molecule has 3 heterocycles. The number of halogens is 2. The predicted molar refractivity (Wildman–Crippen MR) is 97.6 cm³/mol. The van der Waals surface area contributed by atoms with Crippen molar-refractivity contribution in [2.24, 2.45) is 5.92 Å². The van der Waals surface area contributed by atoms with Crippen LogP contribution in [0.2, 0.25) is 0 Å². The maximum absolute atomic E-state index is 12.5. The number of alkyl halides is 2. The van der Waals surface area contributed by atoms with E-state index in [4.69, 9.17) is 0 Å². The van der Waals surface area contributed by atoms with E-state index in [1.54, 1.807) is 17.3 Å². The van der Waals surface area contributed by atoms with Crippen molar-refractivity contribution in [2.45, 2.75) is 6.43 Å². The molecule has 6 nitrogen and oxygen atoms in total. The van der Waals surface area contributed by atoms with Crippen LogP contribution >= 0.6 is 0 Å². The van der Waals surface area contributed by atoms with Gasteiger partial charge in [-0.3, -0.25) is 19.8 Å². The Bertz CT molecular complexity index is 938. The molecule has 1 aliphatic heterocycles. The van der Waals surface area contributed by atoms with Gasteiger partial charge in [-0.15, -0.1) is 0 Å². The van der Waals surface area contributed by atoms with Crippen LogP contribution in [0.25, 0.3) is 22.0 Å². The molecule has 4 rings (SSSR count). The molecule has 0 radical (unpaired) electrons. The largest absolute Gasteiger partial charge is 0.350 e. The quantitative estimate of drug-likeness (QED) is 0.698. The number of hydrogen-bond acceptors (Lipinski definition) is 4. The summed E-state index contributed by atoms with van der Waals surface area (Å²) in [5, 5.41) is 10.6. The first-order valence-electron chi connectivity index (χ1n) is 8.77. The van der Waals surface area contributed by atoms with Crippen LogP contribution in [0.3, 0.4) is 0 Å². The van der Waals surface area contributed by atoms with Gasteiger partial charge in [-0.2, -0.15) is 5.10 Å². The second kappa shape index (κ2) is 7.40. The highest BCUT2D eigenvalue weighted by Gasteiger charge is 2.29. The third-order valence-electron chi connectivity index (χ3n) is 4.75. The number of amides is 1. The van der Waals surface area contributed by atoms with Gasteiger partial charge in [0, 0.05) is 48.9 Å². The van der Waals surface area contributed by atoms with Crippen LogP contribution in [-0.2, 0) is 0 Å². The van der Waals surface area contributed by atoms with Crippen LogP contribution in [0.5, 0.6) is 0 Å². The minimum absolute atomic E-state index is 0.198. The molecule has 27 heavy (non-hydrogen) atoms. The fourth-order valence-electron chi connectivity index (χ4n) is 3.37. The summed E-state index contributed by atoms with van der Waals surface area (Å²) in [6.45, 7) is 1.41. The smallest absolute Gasteiger partial charge is 0.272 e. The average molecular weight is 371 g/mol. The molecule has 1 saturated heterocycles. The Hall–Kier alpha value is -2.87. The highest BCUT2D eigenvalue weighted by Crippen LogP contribution is 2.25. The van der Waals surface area contributed by atoms with Gasteiger partial charge in [0.15, 0.2) is 5.69 Å². The van der Waals surface area contributed by atoms with Crippen LogP contribution in [-0.4, -0.2) is 58.6 Å². The van der Waals surface area contributed by atoms with E-state index < -0.39 is 6.43 Å². The topological polar surface area (TPSA) is 73.9 Å². The van der Waals surface area contributed by atoms with E-state index in [-0.39, 0.29) is 18.4 Å². The summed E-state index contributed by atoms with van der Waals surface area (Å²) in [6, 6.07) is 9.56. The van der Waals surface area contributed by atoms with Crippen molar-refractivity contribution < 1.29 is 13.6 Å². The molecule has 0 unspecified atom stereocenters. The molecular weight excluding hydrogens is 352 g/mol. The maximum Gasteiger partial charge on any atom is 0.272 e.